The van der Waals surface area contributed by atoms with Crippen molar-refractivity contribution in [2.45, 2.75) is 20.0 Å². The van der Waals surface area contributed by atoms with Crippen molar-refractivity contribution in [3.8, 4) is 0 Å². The molecule has 0 radical (unpaired) electrons. The molecular weight excluding hydrogens is 276 g/mol. The highest BCUT2D eigenvalue weighted by atomic mass is 32.1. The van der Waals surface area contributed by atoms with Gasteiger partial charge in [-0.1, -0.05) is 12.2 Å². The molecule has 0 aromatic carbocycles. The van der Waals surface area contributed by atoms with Crippen molar-refractivity contribution in [2.75, 3.05) is 7.05 Å². The third kappa shape index (κ3) is 3.79. The van der Waals surface area contributed by atoms with Crippen LogP contribution in [0.15, 0.2) is 23.8 Å². The van der Waals surface area contributed by atoms with E-state index in [9.17, 15) is 0 Å². The molecule has 0 fully saturated rings. The molecule has 0 saturated heterocycles. The molecule has 0 atom stereocenters. The Hall–Kier alpha value is -1.37. The van der Waals surface area contributed by atoms with Crippen molar-refractivity contribution in [1.82, 2.24) is 14.9 Å². The van der Waals surface area contributed by atoms with E-state index in [1.807, 2.05) is 24.6 Å². The summed E-state index contributed by atoms with van der Waals surface area (Å²) in [7, 11) is 2.08. The van der Waals surface area contributed by atoms with E-state index in [-0.39, 0.29) is 0 Å². The SMILES string of the molecule is Cc1ncsc1CN(C)Cc1ccnc(C(N)=S)c1. The van der Waals surface area contributed by atoms with Gasteiger partial charge in [-0.05, 0) is 31.7 Å². The average molecular weight is 292 g/mol. The van der Waals surface area contributed by atoms with Crippen LogP contribution in [0.5, 0.6) is 0 Å². The first-order valence-electron chi connectivity index (χ1n) is 5.88. The topological polar surface area (TPSA) is 55.0 Å². The Morgan fingerprint density at radius 3 is 2.84 bits per heavy atom. The molecule has 19 heavy (non-hydrogen) atoms. The van der Waals surface area contributed by atoms with Gasteiger partial charge in [-0.15, -0.1) is 11.3 Å². The van der Waals surface area contributed by atoms with E-state index in [1.54, 1.807) is 17.5 Å². The number of thiazole rings is 1. The number of thiocarbonyl (C=S) groups is 1. The molecule has 2 aromatic heterocycles. The van der Waals surface area contributed by atoms with Crippen LogP contribution in [0.3, 0.4) is 0 Å². The second-order valence-corrected chi connectivity index (χ2v) is 5.83. The predicted molar refractivity (Wildman–Crippen MR) is 82.1 cm³/mol. The molecule has 0 saturated carbocycles. The third-order valence-electron chi connectivity index (χ3n) is 2.79. The van der Waals surface area contributed by atoms with E-state index in [0.717, 1.165) is 24.3 Å². The molecule has 100 valence electrons. The van der Waals surface area contributed by atoms with Gasteiger partial charge in [-0.25, -0.2) is 4.98 Å². The van der Waals surface area contributed by atoms with Crippen molar-refractivity contribution < 1.29 is 0 Å². The highest BCUT2D eigenvalue weighted by Gasteiger charge is 2.07. The standard InChI is InChI=1S/C13H16N4S2/c1-9-12(19-8-16-9)7-17(2)6-10-3-4-15-11(5-10)13(14)18/h3-5,8H,6-7H2,1-2H3,(H2,14,18). The van der Waals surface area contributed by atoms with E-state index < -0.39 is 0 Å². The number of nitrogens with zero attached hydrogens (tertiary/aromatic N) is 3. The summed E-state index contributed by atoms with van der Waals surface area (Å²) in [4.78, 5) is 12.3. The van der Waals surface area contributed by atoms with E-state index >= 15 is 0 Å². The lowest BCUT2D eigenvalue weighted by atomic mass is 10.2. The van der Waals surface area contributed by atoms with Gasteiger partial charge < -0.3 is 5.73 Å². The first kappa shape index (κ1) is 14.0. The average Bonchev–Trinajstić information content (AvgIpc) is 2.75. The molecule has 6 heteroatoms. The highest BCUT2D eigenvalue weighted by molar-refractivity contribution is 7.80. The van der Waals surface area contributed by atoms with Crippen molar-refractivity contribution >= 4 is 28.5 Å². The summed E-state index contributed by atoms with van der Waals surface area (Å²) < 4.78 is 0. The molecule has 2 heterocycles. The monoisotopic (exact) mass is 292 g/mol. The number of nitrogens with two attached hydrogens (primary N) is 1. The fraction of sp³-hybridized carbons (Fsp3) is 0.308. The minimum atomic E-state index is 0.336. The zero-order chi connectivity index (χ0) is 13.8. The van der Waals surface area contributed by atoms with Crippen LogP contribution in [-0.4, -0.2) is 26.9 Å². The van der Waals surface area contributed by atoms with E-state index in [4.69, 9.17) is 18.0 Å². The molecule has 0 spiro atoms. The fourth-order valence-corrected chi connectivity index (χ4v) is 2.77. The smallest absolute Gasteiger partial charge is 0.122 e. The van der Waals surface area contributed by atoms with Gasteiger partial charge in [0.25, 0.3) is 0 Å². The maximum absolute atomic E-state index is 5.59. The molecule has 2 aromatic rings. The summed E-state index contributed by atoms with van der Waals surface area (Å²) in [6.07, 6.45) is 1.75. The van der Waals surface area contributed by atoms with Crippen molar-refractivity contribution in [1.29, 1.82) is 0 Å². The van der Waals surface area contributed by atoms with Gasteiger partial charge in [-0.2, -0.15) is 0 Å². The van der Waals surface area contributed by atoms with Gasteiger partial charge in [0.2, 0.25) is 0 Å². The zero-order valence-electron chi connectivity index (χ0n) is 11.0. The number of pyridine rings is 1. The molecule has 0 unspecified atom stereocenters. The number of aryl methyl sites for hydroxylation is 1. The number of hydrogen-bond acceptors (Lipinski definition) is 5. The summed E-state index contributed by atoms with van der Waals surface area (Å²) in [5.41, 5.74) is 10.4. The quantitative estimate of drug-likeness (QED) is 0.855. The zero-order valence-corrected chi connectivity index (χ0v) is 12.6. The normalized spacial score (nSPS) is 10.9. The van der Waals surface area contributed by atoms with Crippen LogP contribution in [-0.2, 0) is 13.1 Å². The van der Waals surface area contributed by atoms with E-state index in [0.29, 0.717) is 10.7 Å². The van der Waals surface area contributed by atoms with Gasteiger partial charge >= 0.3 is 0 Å². The molecule has 4 nitrogen and oxygen atoms in total. The van der Waals surface area contributed by atoms with Gasteiger partial charge in [0.15, 0.2) is 0 Å². The molecule has 0 amide bonds. The van der Waals surface area contributed by atoms with E-state index in [2.05, 4.69) is 21.9 Å². The maximum Gasteiger partial charge on any atom is 0.122 e. The summed E-state index contributed by atoms with van der Waals surface area (Å²) >= 11 is 6.63. The summed E-state index contributed by atoms with van der Waals surface area (Å²) in [6.45, 7) is 3.76. The van der Waals surface area contributed by atoms with E-state index in [1.165, 1.54) is 4.88 Å². The Labute approximate surface area is 122 Å². The summed E-state index contributed by atoms with van der Waals surface area (Å²) in [6, 6.07) is 3.93. The number of rotatable bonds is 5. The lowest BCUT2D eigenvalue weighted by molar-refractivity contribution is 0.321. The lowest BCUT2D eigenvalue weighted by Gasteiger charge is -2.16. The second-order valence-electron chi connectivity index (χ2n) is 4.45. The second kappa shape index (κ2) is 6.18. The largest absolute Gasteiger partial charge is 0.388 e. The fourth-order valence-electron chi connectivity index (χ4n) is 1.80. The first-order chi connectivity index (χ1) is 9.06. The molecule has 0 aliphatic carbocycles. The molecule has 0 bridgehead atoms. The van der Waals surface area contributed by atoms with Crippen molar-refractivity contribution in [2.24, 2.45) is 5.73 Å². The van der Waals surface area contributed by atoms with Crippen LogP contribution in [0.1, 0.15) is 21.8 Å². The van der Waals surface area contributed by atoms with Crippen LogP contribution >= 0.6 is 23.6 Å². The van der Waals surface area contributed by atoms with Gasteiger partial charge in [0, 0.05) is 24.2 Å². The van der Waals surface area contributed by atoms with Crippen LogP contribution < -0.4 is 5.73 Å². The van der Waals surface area contributed by atoms with Crippen LogP contribution in [0.4, 0.5) is 0 Å². The minimum absolute atomic E-state index is 0.336. The molecular formula is C13H16N4S2. The van der Waals surface area contributed by atoms with Crippen molar-refractivity contribution in [3.63, 3.8) is 0 Å². The van der Waals surface area contributed by atoms with Gasteiger partial charge in [-0.3, -0.25) is 9.88 Å². The maximum atomic E-state index is 5.59. The van der Waals surface area contributed by atoms with Gasteiger partial charge in [0.05, 0.1) is 16.9 Å². The van der Waals surface area contributed by atoms with Crippen LogP contribution in [0.25, 0.3) is 0 Å². The minimum Gasteiger partial charge on any atom is -0.388 e. The Kier molecular flexibility index (Phi) is 4.57. The summed E-state index contributed by atoms with van der Waals surface area (Å²) in [5, 5.41) is 0. The van der Waals surface area contributed by atoms with Crippen molar-refractivity contribution in [3.05, 3.63) is 45.7 Å². The van der Waals surface area contributed by atoms with Crippen LogP contribution in [0, 0.1) is 6.92 Å². The predicted octanol–water partition coefficient (Wildman–Crippen LogP) is 2.11. The van der Waals surface area contributed by atoms with Crippen LogP contribution in [0.2, 0.25) is 0 Å². The molecule has 0 aliphatic rings. The Balaban J connectivity index is 2.02. The van der Waals surface area contributed by atoms with Gasteiger partial charge in [0.1, 0.15) is 4.99 Å². The molecule has 2 N–H and O–H groups in total. The third-order valence-corrected chi connectivity index (χ3v) is 3.92. The molecule has 0 aliphatic heterocycles. The number of hydrogen-bond donors (Lipinski definition) is 1. The Bertz CT molecular complexity index is 580. The summed E-state index contributed by atoms with van der Waals surface area (Å²) in [5.74, 6) is 0. The number of aromatic nitrogens is 2. The Morgan fingerprint density at radius 1 is 1.42 bits per heavy atom. The Morgan fingerprint density at radius 2 is 2.21 bits per heavy atom. The highest BCUT2D eigenvalue weighted by Crippen LogP contribution is 2.15. The first-order valence-corrected chi connectivity index (χ1v) is 7.17. The molecule has 2 rings (SSSR count). The lowest BCUT2D eigenvalue weighted by Crippen LogP contribution is -2.18.